The van der Waals surface area contributed by atoms with Gasteiger partial charge in [-0.2, -0.15) is 0 Å². The van der Waals surface area contributed by atoms with Gasteiger partial charge in [0, 0.05) is 6.54 Å². The summed E-state index contributed by atoms with van der Waals surface area (Å²) in [6, 6.07) is -0.831. The molecule has 5 heteroatoms. The second kappa shape index (κ2) is 8.25. The Hall–Kier alpha value is -1.10. The zero-order chi connectivity index (χ0) is 15.9. The van der Waals surface area contributed by atoms with Gasteiger partial charge in [-0.1, -0.05) is 27.2 Å². The molecule has 0 aliphatic rings. The highest BCUT2D eigenvalue weighted by Gasteiger charge is 2.33. The number of aliphatic carboxylic acids is 1. The van der Waals surface area contributed by atoms with E-state index in [0.717, 1.165) is 19.4 Å². The highest BCUT2D eigenvalue weighted by molar-refractivity contribution is 5.87. The maximum atomic E-state index is 12.3. The van der Waals surface area contributed by atoms with Gasteiger partial charge in [-0.3, -0.25) is 4.79 Å². The predicted molar refractivity (Wildman–Crippen MR) is 80.6 cm³/mol. The molecule has 5 nitrogen and oxygen atoms in total. The van der Waals surface area contributed by atoms with Crippen molar-refractivity contribution >= 4 is 11.9 Å². The van der Waals surface area contributed by atoms with Crippen molar-refractivity contribution in [1.29, 1.82) is 0 Å². The Morgan fingerprint density at radius 2 is 1.85 bits per heavy atom. The van der Waals surface area contributed by atoms with Gasteiger partial charge in [0.15, 0.2) is 0 Å². The largest absolute Gasteiger partial charge is 0.480 e. The summed E-state index contributed by atoms with van der Waals surface area (Å²) in [5.74, 6) is -1.32. The maximum absolute atomic E-state index is 12.3. The number of hydrogen-bond acceptors (Lipinski definition) is 3. The van der Waals surface area contributed by atoms with Crippen molar-refractivity contribution in [1.82, 2.24) is 10.2 Å². The summed E-state index contributed by atoms with van der Waals surface area (Å²) in [5, 5.41) is 11.8. The summed E-state index contributed by atoms with van der Waals surface area (Å²) in [7, 11) is 1.99. The first-order valence-electron chi connectivity index (χ1n) is 7.34. The third-order valence-electron chi connectivity index (χ3n) is 3.39. The molecule has 0 rings (SSSR count). The molecule has 0 spiro atoms. The molecule has 0 saturated carbocycles. The Bertz CT molecular complexity index is 327. The Labute approximate surface area is 122 Å². The lowest BCUT2D eigenvalue weighted by Crippen LogP contribution is -2.51. The van der Waals surface area contributed by atoms with E-state index in [0.29, 0.717) is 6.54 Å². The highest BCUT2D eigenvalue weighted by Crippen LogP contribution is 2.18. The van der Waals surface area contributed by atoms with Crippen LogP contribution in [-0.2, 0) is 9.59 Å². The molecular weight excluding hydrogens is 256 g/mol. The average Bonchev–Trinajstić information content (AvgIpc) is 2.31. The summed E-state index contributed by atoms with van der Waals surface area (Å²) < 4.78 is 0. The lowest BCUT2D eigenvalue weighted by atomic mass is 9.90. The van der Waals surface area contributed by atoms with Gasteiger partial charge in [-0.25, -0.2) is 4.79 Å². The summed E-state index contributed by atoms with van der Waals surface area (Å²) in [6.45, 7) is 11.0. The van der Waals surface area contributed by atoms with Crippen molar-refractivity contribution in [2.24, 2.45) is 11.3 Å². The van der Waals surface area contributed by atoms with Gasteiger partial charge in [0.2, 0.25) is 5.91 Å². The molecular formula is C15H30N2O3. The molecule has 1 unspecified atom stereocenters. The molecule has 0 aromatic rings. The van der Waals surface area contributed by atoms with Crippen molar-refractivity contribution in [3.05, 3.63) is 0 Å². The lowest BCUT2D eigenvalue weighted by molar-refractivity contribution is -0.145. The second-order valence-electron chi connectivity index (χ2n) is 6.51. The number of carboxylic acids is 1. The minimum absolute atomic E-state index is 0.134. The van der Waals surface area contributed by atoms with Crippen molar-refractivity contribution in [2.45, 2.75) is 53.5 Å². The number of carbonyl (C=O) groups is 2. The molecule has 0 aliphatic heterocycles. The number of nitrogens with one attached hydrogen (secondary N) is 1. The Morgan fingerprint density at radius 3 is 2.25 bits per heavy atom. The summed E-state index contributed by atoms with van der Waals surface area (Å²) >= 11 is 0. The standard InChI is InChI=1S/C15H30N2O3/c1-7-8-9-17(6)10-15(4,5)14(20)16-12(11(2)3)13(18)19/h11-12H,7-10H2,1-6H3,(H,16,20)(H,18,19). The third-order valence-corrected chi connectivity index (χ3v) is 3.39. The van der Waals surface area contributed by atoms with Crippen LogP contribution >= 0.6 is 0 Å². The number of nitrogens with zero attached hydrogens (tertiary/aromatic N) is 1. The fraction of sp³-hybridized carbons (Fsp3) is 0.867. The lowest BCUT2D eigenvalue weighted by Gasteiger charge is -2.31. The second-order valence-corrected chi connectivity index (χ2v) is 6.51. The van der Waals surface area contributed by atoms with E-state index in [1.54, 1.807) is 13.8 Å². The molecule has 2 N–H and O–H groups in total. The van der Waals surface area contributed by atoms with Gasteiger partial charge >= 0.3 is 5.97 Å². The minimum Gasteiger partial charge on any atom is -0.480 e. The van der Waals surface area contributed by atoms with E-state index in [9.17, 15) is 9.59 Å². The van der Waals surface area contributed by atoms with Gasteiger partial charge in [0.05, 0.1) is 5.41 Å². The fourth-order valence-electron chi connectivity index (χ4n) is 2.10. The van der Waals surface area contributed by atoms with Crippen molar-refractivity contribution in [3.63, 3.8) is 0 Å². The number of carboxylic acid groups (broad SMARTS) is 1. The number of amides is 1. The van der Waals surface area contributed by atoms with Crippen LogP contribution < -0.4 is 5.32 Å². The molecule has 1 atom stereocenters. The van der Waals surface area contributed by atoms with Crippen LogP contribution in [0.2, 0.25) is 0 Å². The number of unbranched alkanes of at least 4 members (excludes halogenated alkanes) is 1. The Morgan fingerprint density at radius 1 is 1.30 bits per heavy atom. The zero-order valence-corrected chi connectivity index (χ0v) is 13.7. The monoisotopic (exact) mass is 286 g/mol. The highest BCUT2D eigenvalue weighted by atomic mass is 16.4. The molecule has 1 amide bonds. The third kappa shape index (κ3) is 6.37. The topological polar surface area (TPSA) is 69.6 Å². The zero-order valence-electron chi connectivity index (χ0n) is 13.7. The molecule has 0 fully saturated rings. The van der Waals surface area contributed by atoms with E-state index in [-0.39, 0.29) is 11.8 Å². The van der Waals surface area contributed by atoms with Gasteiger partial charge < -0.3 is 15.3 Å². The molecule has 0 aromatic heterocycles. The van der Waals surface area contributed by atoms with E-state index in [1.165, 1.54) is 0 Å². The van der Waals surface area contributed by atoms with Crippen molar-refractivity contribution < 1.29 is 14.7 Å². The first-order chi connectivity index (χ1) is 9.11. The average molecular weight is 286 g/mol. The van der Waals surface area contributed by atoms with E-state index >= 15 is 0 Å². The molecule has 0 aromatic carbocycles. The van der Waals surface area contributed by atoms with Gasteiger partial charge in [0.25, 0.3) is 0 Å². The molecule has 0 heterocycles. The summed E-state index contributed by atoms with van der Waals surface area (Å²) in [6.07, 6.45) is 2.21. The quantitative estimate of drug-likeness (QED) is 0.680. The van der Waals surface area contributed by atoms with E-state index in [1.807, 2.05) is 20.9 Å². The smallest absolute Gasteiger partial charge is 0.326 e. The van der Waals surface area contributed by atoms with Crippen LogP contribution in [0.4, 0.5) is 0 Å². The van der Waals surface area contributed by atoms with Crippen LogP contribution in [-0.4, -0.2) is 48.1 Å². The van der Waals surface area contributed by atoms with Crippen molar-refractivity contribution in [2.75, 3.05) is 20.1 Å². The maximum Gasteiger partial charge on any atom is 0.326 e. The van der Waals surface area contributed by atoms with E-state index in [4.69, 9.17) is 5.11 Å². The number of rotatable bonds is 9. The molecule has 20 heavy (non-hydrogen) atoms. The summed E-state index contributed by atoms with van der Waals surface area (Å²) in [4.78, 5) is 25.6. The van der Waals surface area contributed by atoms with Crippen LogP contribution in [0, 0.1) is 11.3 Å². The SMILES string of the molecule is CCCCN(C)CC(C)(C)C(=O)NC(C(=O)O)C(C)C. The number of hydrogen-bond donors (Lipinski definition) is 2. The Balaban J connectivity index is 4.60. The molecule has 118 valence electrons. The molecule has 0 bridgehead atoms. The van der Waals surface area contributed by atoms with Gasteiger partial charge in [0.1, 0.15) is 6.04 Å². The van der Waals surface area contributed by atoms with Crippen LogP contribution in [0.5, 0.6) is 0 Å². The van der Waals surface area contributed by atoms with Crippen LogP contribution in [0.15, 0.2) is 0 Å². The molecule has 0 saturated heterocycles. The van der Waals surface area contributed by atoms with Crippen LogP contribution in [0.25, 0.3) is 0 Å². The Kier molecular flexibility index (Phi) is 7.79. The normalized spacial score (nSPS) is 13.6. The van der Waals surface area contributed by atoms with E-state index < -0.39 is 17.4 Å². The van der Waals surface area contributed by atoms with Gasteiger partial charge in [-0.05, 0) is 39.8 Å². The predicted octanol–water partition coefficient (Wildman–Crippen LogP) is 1.97. The first kappa shape index (κ1) is 18.9. The van der Waals surface area contributed by atoms with E-state index in [2.05, 4.69) is 17.1 Å². The van der Waals surface area contributed by atoms with Crippen molar-refractivity contribution in [3.8, 4) is 0 Å². The summed E-state index contributed by atoms with van der Waals surface area (Å²) in [5.41, 5.74) is -0.606. The fourth-order valence-corrected chi connectivity index (χ4v) is 2.10. The molecule has 0 aliphatic carbocycles. The first-order valence-corrected chi connectivity index (χ1v) is 7.34. The van der Waals surface area contributed by atoms with Gasteiger partial charge in [-0.15, -0.1) is 0 Å². The minimum atomic E-state index is -0.983. The molecule has 0 radical (unpaired) electrons. The van der Waals surface area contributed by atoms with Crippen LogP contribution in [0.1, 0.15) is 47.5 Å². The number of carbonyl (C=O) groups excluding carboxylic acids is 1. The van der Waals surface area contributed by atoms with Crippen LogP contribution in [0.3, 0.4) is 0 Å².